The lowest BCUT2D eigenvalue weighted by Crippen LogP contribution is -2.53. The number of rotatable bonds is 7. The summed E-state index contributed by atoms with van der Waals surface area (Å²) in [6, 6.07) is 4.01. The van der Waals surface area contributed by atoms with Crippen LogP contribution in [0.4, 0.5) is 8.78 Å². The predicted molar refractivity (Wildman–Crippen MR) is 88.2 cm³/mol. The third-order valence-electron chi connectivity index (χ3n) is 4.47. The normalized spacial score (nSPS) is 20.3. The minimum Gasteiger partial charge on any atom is -0.396 e. The Morgan fingerprint density at radius 2 is 1.87 bits per heavy atom. The lowest BCUT2D eigenvalue weighted by molar-refractivity contribution is 0.0523. The Hall–Kier alpha value is -1.04. The summed E-state index contributed by atoms with van der Waals surface area (Å²) >= 11 is 0. The maximum Gasteiger partial charge on any atom is 0.126 e. The lowest BCUT2D eigenvalue weighted by Gasteiger charge is -2.41. The van der Waals surface area contributed by atoms with Crippen LogP contribution in [0.2, 0.25) is 0 Å². The molecule has 130 valence electrons. The van der Waals surface area contributed by atoms with Crippen LogP contribution in [0.5, 0.6) is 0 Å². The Labute approximate surface area is 137 Å². The quantitative estimate of drug-likeness (QED) is 0.835. The summed E-state index contributed by atoms with van der Waals surface area (Å²) in [5, 5.41) is 9.32. The molecule has 1 aliphatic rings. The Morgan fingerprint density at radius 1 is 1.17 bits per heavy atom. The first kappa shape index (κ1) is 18.3. The van der Waals surface area contributed by atoms with Crippen LogP contribution in [0, 0.1) is 17.6 Å². The van der Waals surface area contributed by atoms with E-state index in [-0.39, 0.29) is 6.61 Å². The number of piperazine rings is 1. The summed E-state index contributed by atoms with van der Waals surface area (Å²) in [7, 11) is 0. The maximum atomic E-state index is 13.3. The highest BCUT2D eigenvalue weighted by Gasteiger charge is 2.26. The van der Waals surface area contributed by atoms with E-state index in [0.717, 1.165) is 45.1 Å². The molecule has 1 atom stereocenters. The van der Waals surface area contributed by atoms with E-state index in [9.17, 15) is 13.9 Å². The van der Waals surface area contributed by atoms with Gasteiger partial charge in [0, 0.05) is 44.9 Å². The Kier molecular flexibility index (Phi) is 6.93. The maximum absolute atomic E-state index is 13.3. The molecule has 0 saturated carbocycles. The number of aliphatic hydroxyl groups excluding tert-OH is 1. The van der Waals surface area contributed by atoms with Crippen molar-refractivity contribution in [3.63, 3.8) is 0 Å². The monoisotopic (exact) mass is 326 g/mol. The number of hydrogen-bond acceptors (Lipinski definition) is 3. The van der Waals surface area contributed by atoms with Crippen molar-refractivity contribution in [2.45, 2.75) is 39.3 Å². The smallest absolute Gasteiger partial charge is 0.126 e. The van der Waals surface area contributed by atoms with Gasteiger partial charge in [-0.3, -0.25) is 9.80 Å². The first-order valence-electron chi connectivity index (χ1n) is 8.50. The number of hydrogen-bond donors (Lipinski definition) is 1. The van der Waals surface area contributed by atoms with Gasteiger partial charge in [0.1, 0.15) is 11.6 Å². The van der Waals surface area contributed by atoms with Crippen molar-refractivity contribution in [3.8, 4) is 0 Å². The zero-order chi connectivity index (χ0) is 16.8. The molecule has 0 aromatic heterocycles. The molecule has 1 aliphatic heterocycles. The average molecular weight is 326 g/mol. The minimum atomic E-state index is -0.525. The van der Waals surface area contributed by atoms with E-state index < -0.39 is 11.6 Å². The number of nitrogens with zero attached hydrogens (tertiary/aromatic N) is 2. The number of halogens is 2. The van der Waals surface area contributed by atoms with Gasteiger partial charge in [0.2, 0.25) is 0 Å². The van der Waals surface area contributed by atoms with Crippen LogP contribution in [0.25, 0.3) is 0 Å². The summed E-state index contributed by atoms with van der Waals surface area (Å²) in [6.07, 6.45) is 1.89. The third kappa shape index (κ3) is 5.83. The molecular formula is C18H28F2N2O. The highest BCUT2D eigenvalue weighted by molar-refractivity contribution is 5.18. The fourth-order valence-corrected chi connectivity index (χ4v) is 3.20. The van der Waals surface area contributed by atoms with Gasteiger partial charge in [-0.1, -0.05) is 13.8 Å². The van der Waals surface area contributed by atoms with Crippen LogP contribution in [-0.2, 0) is 6.54 Å². The molecule has 23 heavy (non-hydrogen) atoms. The second-order valence-corrected chi connectivity index (χ2v) is 6.90. The van der Waals surface area contributed by atoms with E-state index in [1.807, 2.05) is 0 Å². The SMILES string of the molecule is CC(C)CCN1CCN(Cc2cc(F)cc(F)c2)C[C@@H]1CCO. The third-order valence-corrected chi connectivity index (χ3v) is 4.47. The van der Waals surface area contributed by atoms with Gasteiger partial charge in [0.25, 0.3) is 0 Å². The summed E-state index contributed by atoms with van der Waals surface area (Å²) in [6.45, 7) is 8.86. The zero-order valence-electron chi connectivity index (χ0n) is 14.1. The van der Waals surface area contributed by atoms with Crippen molar-refractivity contribution < 1.29 is 13.9 Å². The standard InChI is InChI=1S/C18H28F2N2O/c1-14(2)3-5-22-7-6-21(13-18(22)4-8-23)12-15-9-16(19)11-17(20)10-15/h9-11,14,18,23H,3-8,12-13H2,1-2H3/t18-/m0/s1. The van der Waals surface area contributed by atoms with Gasteiger partial charge in [-0.25, -0.2) is 8.78 Å². The zero-order valence-corrected chi connectivity index (χ0v) is 14.1. The van der Waals surface area contributed by atoms with Crippen molar-refractivity contribution in [2.75, 3.05) is 32.8 Å². The summed E-state index contributed by atoms with van der Waals surface area (Å²) in [4.78, 5) is 4.67. The molecule has 3 nitrogen and oxygen atoms in total. The molecule has 1 heterocycles. The van der Waals surface area contributed by atoms with Crippen LogP contribution >= 0.6 is 0 Å². The fraction of sp³-hybridized carbons (Fsp3) is 0.667. The molecule has 1 N–H and O–H groups in total. The van der Waals surface area contributed by atoms with E-state index in [4.69, 9.17) is 0 Å². The van der Waals surface area contributed by atoms with Gasteiger partial charge in [-0.15, -0.1) is 0 Å². The van der Waals surface area contributed by atoms with Gasteiger partial charge in [-0.2, -0.15) is 0 Å². The Bertz CT molecular complexity index is 476. The van der Waals surface area contributed by atoms with E-state index in [1.165, 1.54) is 12.1 Å². The van der Waals surface area contributed by atoms with Crippen LogP contribution < -0.4 is 0 Å². The molecule has 1 saturated heterocycles. The molecule has 5 heteroatoms. The molecule has 0 unspecified atom stereocenters. The summed E-state index contributed by atoms with van der Waals surface area (Å²) < 4.78 is 26.6. The lowest BCUT2D eigenvalue weighted by atomic mass is 10.0. The van der Waals surface area contributed by atoms with Gasteiger partial charge in [0.05, 0.1) is 0 Å². The average Bonchev–Trinajstić information content (AvgIpc) is 2.45. The van der Waals surface area contributed by atoms with Gasteiger partial charge >= 0.3 is 0 Å². The van der Waals surface area contributed by atoms with Crippen molar-refractivity contribution >= 4 is 0 Å². The molecule has 1 aromatic carbocycles. The van der Waals surface area contributed by atoms with Crippen molar-refractivity contribution in [2.24, 2.45) is 5.92 Å². The molecule has 0 amide bonds. The molecule has 0 radical (unpaired) electrons. The molecule has 0 bridgehead atoms. The van der Waals surface area contributed by atoms with Crippen molar-refractivity contribution in [1.29, 1.82) is 0 Å². The minimum absolute atomic E-state index is 0.172. The van der Waals surface area contributed by atoms with Crippen LogP contribution in [0.1, 0.15) is 32.3 Å². The van der Waals surface area contributed by atoms with E-state index in [2.05, 4.69) is 23.6 Å². The largest absolute Gasteiger partial charge is 0.396 e. The predicted octanol–water partition coefficient (Wildman–Crippen LogP) is 2.88. The van der Waals surface area contributed by atoms with Crippen LogP contribution in [-0.4, -0.2) is 53.7 Å². The summed E-state index contributed by atoms with van der Waals surface area (Å²) in [5.74, 6) is -0.386. The van der Waals surface area contributed by atoms with Crippen LogP contribution in [0.15, 0.2) is 18.2 Å². The van der Waals surface area contributed by atoms with Gasteiger partial charge < -0.3 is 5.11 Å². The highest BCUT2D eigenvalue weighted by atomic mass is 19.1. The second kappa shape index (κ2) is 8.71. The van der Waals surface area contributed by atoms with E-state index in [1.54, 1.807) is 0 Å². The van der Waals surface area contributed by atoms with Crippen molar-refractivity contribution in [3.05, 3.63) is 35.4 Å². The van der Waals surface area contributed by atoms with Crippen LogP contribution in [0.3, 0.4) is 0 Å². The summed E-state index contributed by atoms with van der Waals surface area (Å²) in [5.41, 5.74) is 0.667. The fourth-order valence-electron chi connectivity index (χ4n) is 3.20. The Morgan fingerprint density at radius 3 is 2.48 bits per heavy atom. The van der Waals surface area contributed by atoms with Gasteiger partial charge in [0.15, 0.2) is 0 Å². The molecule has 2 rings (SSSR count). The molecule has 0 spiro atoms. The topological polar surface area (TPSA) is 26.7 Å². The first-order chi connectivity index (χ1) is 11.0. The first-order valence-corrected chi connectivity index (χ1v) is 8.50. The number of aliphatic hydroxyl groups is 1. The molecule has 0 aliphatic carbocycles. The second-order valence-electron chi connectivity index (χ2n) is 6.90. The van der Waals surface area contributed by atoms with E-state index >= 15 is 0 Å². The molecule has 1 fully saturated rings. The highest BCUT2D eigenvalue weighted by Crippen LogP contribution is 2.18. The van der Waals surface area contributed by atoms with Crippen molar-refractivity contribution in [1.82, 2.24) is 9.80 Å². The van der Waals surface area contributed by atoms with Gasteiger partial charge in [-0.05, 0) is 43.0 Å². The number of benzene rings is 1. The molecule has 1 aromatic rings. The Balaban J connectivity index is 1.95. The van der Waals surface area contributed by atoms with E-state index in [0.29, 0.717) is 24.1 Å². The molecular weight excluding hydrogens is 298 g/mol.